The summed E-state index contributed by atoms with van der Waals surface area (Å²) in [6.45, 7) is 3.98. The van der Waals surface area contributed by atoms with Crippen molar-refractivity contribution < 1.29 is 13.2 Å². The third kappa shape index (κ3) is 5.29. The van der Waals surface area contributed by atoms with Crippen LogP contribution < -0.4 is 10.0 Å². The fourth-order valence-electron chi connectivity index (χ4n) is 2.11. The van der Waals surface area contributed by atoms with Gasteiger partial charge in [-0.1, -0.05) is 48.9 Å². The maximum atomic E-state index is 12.6. The van der Waals surface area contributed by atoms with Crippen molar-refractivity contribution in [2.45, 2.75) is 37.8 Å². The Bertz CT molecular complexity index is 839. The van der Waals surface area contributed by atoms with E-state index >= 15 is 0 Å². The second-order valence-electron chi connectivity index (χ2n) is 5.74. The van der Waals surface area contributed by atoms with Crippen LogP contribution in [-0.4, -0.2) is 20.4 Å². The SMILES string of the molecule is CCC(C)NC(=O)c1ccc(Cl)c(S(=O)(=O)NCc2ccccc2)c1. The van der Waals surface area contributed by atoms with Crippen molar-refractivity contribution in [2.24, 2.45) is 0 Å². The summed E-state index contributed by atoms with van der Waals surface area (Å²) < 4.78 is 27.6. The standard InChI is InChI=1S/C18H21ClN2O3S/c1-3-13(2)21-18(22)15-9-10-16(19)17(11-15)25(23,24)20-12-14-7-5-4-6-8-14/h4-11,13,20H,3,12H2,1-2H3,(H,21,22). The van der Waals surface area contributed by atoms with Gasteiger partial charge in [-0.15, -0.1) is 0 Å². The minimum atomic E-state index is -3.84. The lowest BCUT2D eigenvalue weighted by molar-refractivity contribution is 0.0939. The Labute approximate surface area is 153 Å². The summed E-state index contributed by atoms with van der Waals surface area (Å²) in [5.41, 5.74) is 1.08. The predicted octanol–water partition coefficient (Wildman–Crippen LogP) is 3.35. The van der Waals surface area contributed by atoms with E-state index in [1.165, 1.54) is 18.2 Å². The fourth-order valence-corrected chi connectivity index (χ4v) is 3.65. The Morgan fingerprint density at radius 3 is 2.48 bits per heavy atom. The van der Waals surface area contributed by atoms with Crippen LogP contribution in [0.5, 0.6) is 0 Å². The van der Waals surface area contributed by atoms with Crippen molar-refractivity contribution in [1.29, 1.82) is 0 Å². The number of nitrogens with one attached hydrogen (secondary N) is 2. The molecular weight excluding hydrogens is 360 g/mol. The summed E-state index contributed by atoms with van der Waals surface area (Å²) in [6.07, 6.45) is 0.781. The number of benzene rings is 2. The highest BCUT2D eigenvalue weighted by Gasteiger charge is 2.20. The molecule has 5 nitrogen and oxygen atoms in total. The molecule has 0 bridgehead atoms. The largest absolute Gasteiger partial charge is 0.350 e. The zero-order chi connectivity index (χ0) is 18.4. The molecule has 0 saturated carbocycles. The monoisotopic (exact) mass is 380 g/mol. The molecule has 0 fully saturated rings. The van der Waals surface area contributed by atoms with Gasteiger partial charge in [-0.2, -0.15) is 0 Å². The molecule has 0 aromatic heterocycles. The van der Waals surface area contributed by atoms with Crippen LogP contribution in [0.4, 0.5) is 0 Å². The molecule has 0 aliphatic heterocycles. The lowest BCUT2D eigenvalue weighted by Gasteiger charge is -2.13. The maximum absolute atomic E-state index is 12.6. The summed E-state index contributed by atoms with van der Waals surface area (Å²) >= 11 is 6.05. The molecule has 2 N–H and O–H groups in total. The number of amides is 1. The molecule has 2 aromatic carbocycles. The number of carbonyl (C=O) groups is 1. The van der Waals surface area contributed by atoms with E-state index in [1.807, 2.05) is 44.2 Å². The van der Waals surface area contributed by atoms with Gasteiger partial charge in [-0.25, -0.2) is 13.1 Å². The third-order valence-corrected chi connectivity index (χ3v) is 5.66. The van der Waals surface area contributed by atoms with Gasteiger partial charge in [-0.05, 0) is 37.1 Å². The molecule has 1 amide bonds. The van der Waals surface area contributed by atoms with Crippen LogP contribution in [0.15, 0.2) is 53.4 Å². The van der Waals surface area contributed by atoms with Gasteiger partial charge in [-0.3, -0.25) is 4.79 Å². The van der Waals surface area contributed by atoms with Crippen molar-refractivity contribution >= 4 is 27.5 Å². The highest BCUT2D eigenvalue weighted by atomic mass is 35.5. The minimum absolute atomic E-state index is 0.000518. The van der Waals surface area contributed by atoms with Crippen molar-refractivity contribution in [2.75, 3.05) is 0 Å². The molecule has 1 atom stereocenters. The highest BCUT2D eigenvalue weighted by Crippen LogP contribution is 2.23. The van der Waals surface area contributed by atoms with E-state index < -0.39 is 10.0 Å². The second kappa shape index (κ2) is 8.47. The first-order chi connectivity index (χ1) is 11.8. The molecule has 0 spiro atoms. The number of carbonyl (C=O) groups excluding carboxylic acids is 1. The molecule has 2 rings (SSSR count). The molecular formula is C18H21ClN2O3S. The molecule has 1 unspecified atom stereocenters. The summed E-state index contributed by atoms with van der Waals surface area (Å²) in [5.74, 6) is -0.328. The average molecular weight is 381 g/mol. The van der Waals surface area contributed by atoms with Gasteiger partial charge in [0.05, 0.1) is 5.02 Å². The summed E-state index contributed by atoms with van der Waals surface area (Å²) in [5, 5.41) is 2.87. The van der Waals surface area contributed by atoms with E-state index in [9.17, 15) is 13.2 Å². The first-order valence-corrected chi connectivity index (χ1v) is 9.83. The van der Waals surface area contributed by atoms with E-state index in [2.05, 4.69) is 10.0 Å². The van der Waals surface area contributed by atoms with Crippen LogP contribution in [0.2, 0.25) is 5.02 Å². The number of halogens is 1. The molecule has 134 valence electrons. The summed E-state index contributed by atoms with van der Waals surface area (Å²) in [4.78, 5) is 12.1. The van der Waals surface area contributed by atoms with Crippen molar-refractivity contribution in [1.82, 2.24) is 10.0 Å². The molecule has 0 aliphatic rings. The van der Waals surface area contributed by atoms with Gasteiger partial charge >= 0.3 is 0 Å². The number of hydrogen-bond donors (Lipinski definition) is 2. The van der Waals surface area contributed by atoms with E-state index in [-0.39, 0.29) is 34.0 Å². The quantitative estimate of drug-likeness (QED) is 0.773. The van der Waals surface area contributed by atoms with E-state index in [4.69, 9.17) is 11.6 Å². The van der Waals surface area contributed by atoms with E-state index in [0.717, 1.165) is 12.0 Å². The first kappa shape index (κ1) is 19.4. The predicted molar refractivity (Wildman–Crippen MR) is 99.1 cm³/mol. The van der Waals surface area contributed by atoms with Crippen molar-refractivity contribution in [3.05, 3.63) is 64.7 Å². The lowest BCUT2D eigenvalue weighted by Crippen LogP contribution is -2.32. The molecule has 0 radical (unpaired) electrons. The highest BCUT2D eigenvalue weighted by molar-refractivity contribution is 7.89. The van der Waals surface area contributed by atoms with Gasteiger partial charge in [0, 0.05) is 18.2 Å². The molecule has 0 aliphatic carbocycles. The maximum Gasteiger partial charge on any atom is 0.251 e. The van der Waals surface area contributed by atoms with Gasteiger partial charge in [0.15, 0.2) is 0 Å². The smallest absolute Gasteiger partial charge is 0.251 e. The van der Waals surface area contributed by atoms with E-state index in [0.29, 0.717) is 0 Å². The van der Waals surface area contributed by atoms with Crippen LogP contribution in [-0.2, 0) is 16.6 Å². The Kier molecular flexibility index (Phi) is 6.58. The Morgan fingerprint density at radius 2 is 1.84 bits per heavy atom. The van der Waals surface area contributed by atoms with E-state index in [1.54, 1.807) is 0 Å². The molecule has 0 saturated heterocycles. The van der Waals surface area contributed by atoms with Gasteiger partial charge < -0.3 is 5.32 Å². The van der Waals surface area contributed by atoms with Crippen LogP contribution in [0.3, 0.4) is 0 Å². The molecule has 25 heavy (non-hydrogen) atoms. The number of sulfonamides is 1. The van der Waals surface area contributed by atoms with Crippen molar-refractivity contribution in [3.63, 3.8) is 0 Å². The average Bonchev–Trinajstić information content (AvgIpc) is 2.61. The Balaban J connectivity index is 2.22. The zero-order valence-electron chi connectivity index (χ0n) is 14.1. The Hall–Kier alpha value is -1.89. The minimum Gasteiger partial charge on any atom is -0.350 e. The normalized spacial score (nSPS) is 12.6. The molecule has 7 heteroatoms. The second-order valence-corrected chi connectivity index (χ2v) is 7.88. The van der Waals surface area contributed by atoms with Gasteiger partial charge in [0.25, 0.3) is 5.91 Å². The Morgan fingerprint density at radius 1 is 1.16 bits per heavy atom. The number of hydrogen-bond acceptors (Lipinski definition) is 3. The van der Waals surface area contributed by atoms with Crippen LogP contribution in [0.1, 0.15) is 36.2 Å². The zero-order valence-corrected chi connectivity index (χ0v) is 15.7. The lowest BCUT2D eigenvalue weighted by atomic mass is 10.2. The fraction of sp³-hybridized carbons (Fsp3) is 0.278. The third-order valence-electron chi connectivity index (χ3n) is 3.78. The summed E-state index contributed by atoms with van der Waals surface area (Å²) in [7, 11) is -3.84. The molecule has 2 aromatic rings. The van der Waals surface area contributed by atoms with Crippen LogP contribution in [0.25, 0.3) is 0 Å². The summed E-state index contributed by atoms with van der Waals surface area (Å²) in [6, 6.07) is 13.4. The topological polar surface area (TPSA) is 75.3 Å². The van der Waals surface area contributed by atoms with Crippen molar-refractivity contribution in [3.8, 4) is 0 Å². The number of rotatable bonds is 7. The van der Waals surface area contributed by atoms with Gasteiger partial charge in [0.2, 0.25) is 10.0 Å². The first-order valence-electron chi connectivity index (χ1n) is 7.97. The van der Waals surface area contributed by atoms with Gasteiger partial charge in [0.1, 0.15) is 4.90 Å². The molecule has 0 heterocycles. The van der Waals surface area contributed by atoms with Crippen LogP contribution in [0, 0.1) is 0 Å². The van der Waals surface area contributed by atoms with Crippen LogP contribution >= 0.6 is 11.6 Å².